The lowest BCUT2D eigenvalue weighted by Crippen LogP contribution is -2.32. The fraction of sp³-hybridized carbons (Fsp3) is 0.0909. The standard InChI is InChI=1S/C22H14Cl2N6O/c23-14-5-3-12(4-6-14)21-18-19(16-10-15(24)7-8-17(16)31-21)26-22-27-28-29-30(22)20(18)13-2-1-9-25-11-13/h1-11,20-21H,(H,26,27,29). The minimum absolute atomic E-state index is 0.317. The van der Waals surface area contributed by atoms with Gasteiger partial charge in [-0.3, -0.25) is 4.98 Å². The molecule has 2 aromatic carbocycles. The number of aromatic nitrogens is 5. The summed E-state index contributed by atoms with van der Waals surface area (Å²) in [6.45, 7) is 0. The lowest BCUT2D eigenvalue weighted by molar-refractivity contribution is 0.222. The SMILES string of the molecule is Clc1ccc(C2Oc3ccc(Cl)cc3C3=C2C(c2cccnc2)n2nnnc2N3)cc1. The number of ether oxygens (including phenoxy) is 1. The zero-order valence-electron chi connectivity index (χ0n) is 15.9. The predicted molar refractivity (Wildman–Crippen MR) is 117 cm³/mol. The molecule has 0 fully saturated rings. The van der Waals surface area contributed by atoms with Gasteiger partial charge in [0.05, 0.1) is 5.70 Å². The van der Waals surface area contributed by atoms with Gasteiger partial charge in [-0.1, -0.05) is 46.5 Å². The summed E-state index contributed by atoms with van der Waals surface area (Å²) in [5.74, 6) is 1.26. The number of halogens is 2. The van der Waals surface area contributed by atoms with Crippen molar-refractivity contribution in [3.8, 4) is 5.75 Å². The summed E-state index contributed by atoms with van der Waals surface area (Å²) in [7, 11) is 0. The first-order chi connectivity index (χ1) is 15.2. The molecule has 0 saturated heterocycles. The zero-order valence-corrected chi connectivity index (χ0v) is 17.4. The van der Waals surface area contributed by atoms with Crippen LogP contribution in [0.3, 0.4) is 0 Å². The van der Waals surface area contributed by atoms with Crippen LogP contribution in [-0.4, -0.2) is 25.2 Å². The Morgan fingerprint density at radius 1 is 0.968 bits per heavy atom. The molecule has 0 saturated carbocycles. The summed E-state index contributed by atoms with van der Waals surface area (Å²) in [6.07, 6.45) is 3.16. The number of benzene rings is 2. The van der Waals surface area contributed by atoms with Crippen molar-refractivity contribution in [3.63, 3.8) is 0 Å². The van der Waals surface area contributed by atoms with Gasteiger partial charge in [-0.25, -0.2) is 0 Å². The van der Waals surface area contributed by atoms with Gasteiger partial charge in [0.15, 0.2) is 0 Å². The number of tetrazole rings is 1. The molecule has 0 bridgehead atoms. The van der Waals surface area contributed by atoms with E-state index in [0.29, 0.717) is 16.0 Å². The highest BCUT2D eigenvalue weighted by molar-refractivity contribution is 6.31. The van der Waals surface area contributed by atoms with Crippen molar-refractivity contribution in [3.05, 3.63) is 99.3 Å². The molecule has 0 radical (unpaired) electrons. The van der Waals surface area contributed by atoms with E-state index in [-0.39, 0.29) is 6.04 Å². The van der Waals surface area contributed by atoms with Crippen molar-refractivity contribution < 1.29 is 4.74 Å². The zero-order chi connectivity index (χ0) is 20.9. The number of fused-ring (bicyclic) bond motifs is 3. The quantitative estimate of drug-likeness (QED) is 0.468. The first-order valence-electron chi connectivity index (χ1n) is 9.60. The minimum atomic E-state index is -0.393. The Kier molecular flexibility index (Phi) is 4.19. The Labute approximate surface area is 187 Å². The Hall–Kier alpha value is -3.42. The number of pyridine rings is 1. The highest BCUT2D eigenvalue weighted by atomic mass is 35.5. The van der Waals surface area contributed by atoms with Gasteiger partial charge in [0.2, 0.25) is 5.95 Å². The van der Waals surface area contributed by atoms with Crippen LogP contribution in [0.25, 0.3) is 5.70 Å². The molecule has 2 aliphatic heterocycles. The number of nitrogens with one attached hydrogen (secondary N) is 1. The van der Waals surface area contributed by atoms with Crippen molar-refractivity contribution >= 4 is 34.8 Å². The van der Waals surface area contributed by atoms with Gasteiger partial charge in [-0.15, -0.1) is 0 Å². The normalized spacial score (nSPS) is 19.0. The van der Waals surface area contributed by atoms with Gasteiger partial charge < -0.3 is 10.1 Å². The second kappa shape index (κ2) is 7.08. The molecular formula is C22H14Cl2N6O. The highest BCUT2D eigenvalue weighted by Gasteiger charge is 2.41. The first-order valence-corrected chi connectivity index (χ1v) is 10.4. The molecule has 31 heavy (non-hydrogen) atoms. The average Bonchev–Trinajstić information content (AvgIpc) is 3.27. The maximum Gasteiger partial charge on any atom is 0.248 e. The van der Waals surface area contributed by atoms with Gasteiger partial charge in [-0.05, 0) is 58.0 Å². The molecule has 2 atom stereocenters. The maximum absolute atomic E-state index is 6.52. The molecule has 7 nitrogen and oxygen atoms in total. The van der Waals surface area contributed by atoms with Crippen LogP contribution < -0.4 is 10.1 Å². The number of rotatable bonds is 2. The third-order valence-corrected chi connectivity index (χ3v) is 5.96. The average molecular weight is 449 g/mol. The molecule has 152 valence electrons. The molecule has 2 unspecified atom stereocenters. The fourth-order valence-corrected chi connectivity index (χ4v) is 4.43. The summed E-state index contributed by atoms with van der Waals surface area (Å²) in [5.41, 5.74) is 4.60. The Morgan fingerprint density at radius 2 is 1.81 bits per heavy atom. The first kappa shape index (κ1) is 18.4. The molecule has 0 amide bonds. The topological polar surface area (TPSA) is 77.8 Å². The van der Waals surface area contributed by atoms with E-state index in [9.17, 15) is 0 Å². The van der Waals surface area contributed by atoms with Crippen LogP contribution in [0, 0.1) is 0 Å². The predicted octanol–water partition coefficient (Wildman–Crippen LogP) is 4.93. The van der Waals surface area contributed by atoms with Crippen LogP contribution in [0.4, 0.5) is 5.95 Å². The van der Waals surface area contributed by atoms with Crippen molar-refractivity contribution in [1.29, 1.82) is 0 Å². The summed E-state index contributed by atoms with van der Waals surface area (Å²) >= 11 is 12.5. The molecule has 6 rings (SSSR count). The molecule has 0 aliphatic carbocycles. The van der Waals surface area contributed by atoms with Crippen LogP contribution in [0.5, 0.6) is 5.75 Å². The third-order valence-electron chi connectivity index (χ3n) is 5.47. The van der Waals surface area contributed by atoms with Crippen molar-refractivity contribution in [2.75, 3.05) is 5.32 Å². The monoisotopic (exact) mass is 448 g/mol. The van der Waals surface area contributed by atoms with E-state index in [2.05, 4.69) is 25.8 Å². The summed E-state index contributed by atoms with van der Waals surface area (Å²) in [6, 6.07) is 16.8. The maximum atomic E-state index is 6.52. The van der Waals surface area contributed by atoms with Gasteiger partial charge in [0, 0.05) is 33.6 Å². The minimum Gasteiger partial charge on any atom is -0.480 e. The lowest BCUT2D eigenvalue weighted by atomic mass is 9.85. The molecule has 2 aliphatic rings. The number of hydrogen-bond donors (Lipinski definition) is 1. The van der Waals surface area contributed by atoms with E-state index >= 15 is 0 Å². The van der Waals surface area contributed by atoms with Gasteiger partial charge in [0.25, 0.3) is 0 Å². The van der Waals surface area contributed by atoms with Crippen LogP contribution in [0.2, 0.25) is 10.0 Å². The van der Waals surface area contributed by atoms with Crippen LogP contribution in [0.15, 0.2) is 72.6 Å². The highest BCUT2D eigenvalue weighted by Crippen LogP contribution is 2.50. The molecular weight excluding hydrogens is 435 g/mol. The summed E-state index contributed by atoms with van der Waals surface area (Å²) in [5, 5.41) is 17.0. The van der Waals surface area contributed by atoms with E-state index < -0.39 is 6.10 Å². The Balaban J connectivity index is 1.64. The smallest absolute Gasteiger partial charge is 0.248 e. The van der Waals surface area contributed by atoms with Crippen molar-refractivity contribution in [1.82, 2.24) is 25.2 Å². The fourth-order valence-electron chi connectivity index (χ4n) is 4.13. The molecule has 9 heteroatoms. The molecule has 4 heterocycles. The van der Waals surface area contributed by atoms with E-state index in [4.69, 9.17) is 27.9 Å². The largest absolute Gasteiger partial charge is 0.480 e. The number of anilines is 1. The molecule has 0 spiro atoms. The van der Waals surface area contributed by atoms with Crippen molar-refractivity contribution in [2.24, 2.45) is 0 Å². The van der Waals surface area contributed by atoms with Crippen LogP contribution in [-0.2, 0) is 0 Å². The number of nitrogens with zero attached hydrogens (tertiary/aromatic N) is 5. The summed E-state index contributed by atoms with van der Waals surface area (Å²) < 4.78 is 8.27. The number of hydrogen-bond acceptors (Lipinski definition) is 6. The lowest BCUT2D eigenvalue weighted by Gasteiger charge is -2.38. The van der Waals surface area contributed by atoms with E-state index in [1.54, 1.807) is 10.9 Å². The second-order valence-electron chi connectivity index (χ2n) is 7.28. The second-order valence-corrected chi connectivity index (χ2v) is 8.15. The van der Waals surface area contributed by atoms with Crippen molar-refractivity contribution in [2.45, 2.75) is 12.1 Å². The molecule has 4 aromatic rings. The Bertz CT molecular complexity index is 1320. The van der Waals surface area contributed by atoms with Gasteiger partial charge >= 0.3 is 0 Å². The Morgan fingerprint density at radius 3 is 2.61 bits per heavy atom. The van der Waals surface area contributed by atoms with Crippen LogP contribution in [0.1, 0.15) is 28.8 Å². The van der Waals surface area contributed by atoms with E-state index in [0.717, 1.165) is 33.7 Å². The van der Waals surface area contributed by atoms with Gasteiger partial charge in [0.1, 0.15) is 17.9 Å². The molecule has 1 N–H and O–H groups in total. The van der Waals surface area contributed by atoms with Gasteiger partial charge in [-0.2, -0.15) is 4.68 Å². The third kappa shape index (κ3) is 2.97. The molecule has 2 aromatic heterocycles. The summed E-state index contributed by atoms with van der Waals surface area (Å²) in [4.78, 5) is 4.32. The van der Waals surface area contributed by atoms with Crippen LogP contribution >= 0.6 is 23.2 Å². The van der Waals surface area contributed by atoms with E-state index in [1.807, 2.05) is 60.8 Å². The van der Waals surface area contributed by atoms with E-state index in [1.165, 1.54) is 0 Å².